The second kappa shape index (κ2) is 3.79. The third-order valence-corrected chi connectivity index (χ3v) is 2.44. The molecule has 1 amide bonds. The van der Waals surface area contributed by atoms with Gasteiger partial charge in [0, 0.05) is 38.6 Å². The number of imidazole rings is 1. The molecule has 75 valence electrons. The topological polar surface area (TPSA) is 41.4 Å². The Kier molecular flexibility index (Phi) is 2.49. The third kappa shape index (κ3) is 1.77. The van der Waals surface area contributed by atoms with E-state index in [1.165, 1.54) is 4.57 Å². The first kappa shape index (κ1) is 9.21. The first-order valence-corrected chi connectivity index (χ1v) is 4.66. The summed E-state index contributed by atoms with van der Waals surface area (Å²) in [7, 11) is 2.06. The van der Waals surface area contributed by atoms with Crippen LogP contribution in [0.5, 0.6) is 0 Å². The van der Waals surface area contributed by atoms with Gasteiger partial charge in [0.2, 0.25) is 0 Å². The van der Waals surface area contributed by atoms with Gasteiger partial charge in [-0.15, -0.1) is 0 Å². The van der Waals surface area contributed by atoms with Crippen molar-refractivity contribution in [2.45, 2.75) is 0 Å². The Morgan fingerprint density at radius 3 is 2.64 bits per heavy atom. The second-order valence-electron chi connectivity index (χ2n) is 3.47. The smallest absolute Gasteiger partial charge is 0.321 e. The minimum absolute atomic E-state index is 0.0319. The van der Waals surface area contributed by atoms with Crippen molar-refractivity contribution in [1.82, 2.24) is 19.4 Å². The van der Waals surface area contributed by atoms with E-state index in [-0.39, 0.29) is 6.03 Å². The fourth-order valence-electron chi connectivity index (χ4n) is 1.49. The van der Waals surface area contributed by atoms with E-state index in [0.29, 0.717) is 0 Å². The Bertz CT molecular complexity index is 301. The first-order chi connectivity index (χ1) is 6.77. The van der Waals surface area contributed by atoms with Crippen LogP contribution in [0.3, 0.4) is 0 Å². The lowest BCUT2D eigenvalue weighted by Gasteiger charge is -2.32. The summed E-state index contributed by atoms with van der Waals surface area (Å²) in [6.45, 7) is 3.42. The van der Waals surface area contributed by atoms with Crippen LogP contribution in [0.2, 0.25) is 0 Å². The van der Waals surface area contributed by atoms with Crippen LogP contribution in [0.25, 0.3) is 0 Å². The molecule has 1 aromatic heterocycles. The van der Waals surface area contributed by atoms with Crippen molar-refractivity contribution < 1.29 is 4.79 Å². The number of carbonyl (C=O) groups excluding carboxylic acids is 1. The fourth-order valence-corrected chi connectivity index (χ4v) is 1.49. The van der Waals surface area contributed by atoms with E-state index >= 15 is 0 Å². The molecule has 0 saturated carbocycles. The maximum Gasteiger partial charge on any atom is 0.330 e. The standard InChI is InChI=1S/C9H13N4O/c1-11-4-6-12(7-5-11)9(14)13-3-2-10-8-13/h2-3H,4-7H2,1H3. The highest BCUT2D eigenvalue weighted by atomic mass is 16.2. The van der Waals surface area contributed by atoms with Crippen LogP contribution in [0.15, 0.2) is 12.4 Å². The molecule has 0 N–H and O–H groups in total. The second-order valence-corrected chi connectivity index (χ2v) is 3.47. The van der Waals surface area contributed by atoms with E-state index in [9.17, 15) is 4.79 Å². The molecule has 1 aromatic rings. The van der Waals surface area contributed by atoms with Crippen LogP contribution in [-0.2, 0) is 0 Å². The van der Waals surface area contributed by atoms with E-state index in [0.717, 1.165) is 26.2 Å². The molecule has 5 nitrogen and oxygen atoms in total. The van der Waals surface area contributed by atoms with Crippen molar-refractivity contribution in [2.24, 2.45) is 0 Å². The van der Waals surface area contributed by atoms with Gasteiger partial charge in [0.25, 0.3) is 0 Å². The number of rotatable bonds is 0. The van der Waals surface area contributed by atoms with E-state index in [1.54, 1.807) is 12.4 Å². The summed E-state index contributed by atoms with van der Waals surface area (Å²) in [5, 5.41) is 0. The summed E-state index contributed by atoms with van der Waals surface area (Å²) in [5.41, 5.74) is 0. The Labute approximate surface area is 82.9 Å². The predicted octanol–water partition coefficient (Wildman–Crippen LogP) is -0.101. The number of amides is 1. The van der Waals surface area contributed by atoms with Crippen molar-refractivity contribution in [1.29, 1.82) is 0 Å². The zero-order valence-electron chi connectivity index (χ0n) is 8.18. The summed E-state index contributed by atoms with van der Waals surface area (Å²) in [6, 6.07) is -0.0319. The van der Waals surface area contributed by atoms with E-state index in [2.05, 4.69) is 23.3 Å². The van der Waals surface area contributed by atoms with Crippen molar-refractivity contribution in [3.63, 3.8) is 0 Å². The lowest BCUT2D eigenvalue weighted by Crippen LogP contribution is -2.48. The lowest BCUT2D eigenvalue weighted by molar-refractivity contribution is 0.155. The van der Waals surface area contributed by atoms with Gasteiger partial charge < -0.3 is 9.80 Å². The van der Waals surface area contributed by atoms with Gasteiger partial charge in [-0.1, -0.05) is 0 Å². The number of likely N-dealkylation sites (N-methyl/N-ethyl adjacent to an activating group) is 1. The molecule has 2 heterocycles. The number of hydrogen-bond acceptors (Lipinski definition) is 3. The Hall–Kier alpha value is -1.36. The Balaban J connectivity index is 1.99. The lowest BCUT2D eigenvalue weighted by atomic mass is 10.3. The molecule has 0 spiro atoms. The largest absolute Gasteiger partial charge is 0.330 e. The zero-order chi connectivity index (χ0) is 9.97. The van der Waals surface area contributed by atoms with Crippen LogP contribution in [0.4, 0.5) is 4.79 Å². The number of piperazine rings is 1. The van der Waals surface area contributed by atoms with Crippen LogP contribution in [0.1, 0.15) is 0 Å². The SMILES string of the molecule is CN1CCN(C(=O)n2[c]ncc2)CC1. The van der Waals surface area contributed by atoms with Crippen LogP contribution >= 0.6 is 0 Å². The first-order valence-electron chi connectivity index (χ1n) is 4.66. The van der Waals surface area contributed by atoms with Gasteiger partial charge in [-0.05, 0) is 7.05 Å². The molecule has 1 saturated heterocycles. The molecule has 0 aliphatic carbocycles. The van der Waals surface area contributed by atoms with Gasteiger partial charge in [0.1, 0.15) is 0 Å². The third-order valence-electron chi connectivity index (χ3n) is 2.44. The monoisotopic (exact) mass is 193 g/mol. The highest BCUT2D eigenvalue weighted by molar-refractivity contribution is 5.76. The van der Waals surface area contributed by atoms with Gasteiger partial charge in [0.15, 0.2) is 6.33 Å². The minimum atomic E-state index is -0.0319. The van der Waals surface area contributed by atoms with Crippen molar-refractivity contribution in [2.75, 3.05) is 33.2 Å². The number of nitrogens with zero attached hydrogens (tertiary/aromatic N) is 4. The van der Waals surface area contributed by atoms with E-state index < -0.39 is 0 Å². The summed E-state index contributed by atoms with van der Waals surface area (Å²) in [5.74, 6) is 0. The molecule has 5 heteroatoms. The highest BCUT2D eigenvalue weighted by Crippen LogP contribution is 2.01. The van der Waals surface area contributed by atoms with E-state index in [1.807, 2.05) is 4.90 Å². The minimum Gasteiger partial charge on any atom is -0.321 e. The number of hydrogen-bond donors (Lipinski definition) is 0. The average molecular weight is 193 g/mol. The van der Waals surface area contributed by atoms with Gasteiger partial charge in [0.05, 0.1) is 0 Å². The molecular formula is C9H13N4O. The Morgan fingerprint density at radius 1 is 1.36 bits per heavy atom. The highest BCUT2D eigenvalue weighted by Gasteiger charge is 2.19. The van der Waals surface area contributed by atoms with Crippen molar-refractivity contribution in [3.05, 3.63) is 18.7 Å². The van der Waals surface area contributed by atoms with Crippen LogP contribution in [0, 0.1) is 6.33 Å². The molecular weight excluding hydrogens is 180 g/mol. The molecule has 0 atom stereocenters. The summed E-state index contributed by atoms with van der Waals surface area (Å²) in [4.78, 5) is 19.5. The Morgan fingerprint density at radius 2 is 2.07 bits per heavy atom. The van der Waals surface area contributed by atoms with Crippen molar-refractivity contribution >= 4 is 6.03 Å². The van der Waals surface area contributed by atoms with Crippen LogP contribution < -0.4 is 0 Å². The summed E-state index contributed by atoms with van der Waals surface area (Å²) in [6.07, 6.45) is 5.80. The molecule has 1 aliphatic rings. The van der Waals surface area contributed by atoms with Gasteiger partial charge in [-0.3, -0.25) is 0 Å². The van der Waals surface area contributed by atoms with Crippen LogP contribution in [-0.4, -0.2) is 58.6 Å². The molecule has 0 unspecified atom stereocenters. The molecule has 14 heavy (non-hydrogen) atoms. The van der Waals surface area contributed by atoms with Crippen molar-refractivity contribution in [3.8, 4) is 0 Å². The molecule has 1 radical (unpaired) electrons. The summed E-state index contributed by atoms with van der Waals surface area (Å²) >= 11 is 0. The summed E-state index contributed by atoms with van der Waals surface area (Å²) < 4.78 is 1.39. The number of carbonyl (C=O) groups is 1. The predicted molar refractivity (Wildman–Crippen MR) is 50.9 cm³/mol. The van der Waals surface area contributed by atoms with Gasteiger partial charge in [-0.25, -0.2) is 14.3 Å². The maximum absolute atomic E-state index is 11.8. The average Bonchev–Trinajstić information content (AvgIpc) is 2.71. The maximum atomic E-state index is 11.8. The van der Waals surface area contributed by atoms with Gasteiger partial charge in [-0.2, -0.15) is 0 Å². The number of aromatic nitrogens is 2. The fraction of sp³-hybridized carbons (Fsp3) is 0.556. The molecule has 0 aromatic carbocycles. The molecule has 1 fully saturated rings. The molecule has 0 bridgehead atoms. The van der Waals surface area contributed by atoms with E-state index in [4.69, 9.17) is 0 Å². The zero-order valence-corrected chi connectivity index (χ0v) is 8.18. The quantitative estimate of drug-likeness (QED) is 0.577. The molecule has 2 rings (SSSR count). The normalized spacial score (nSPS) is 18.5. The molecule has 1 aliphatic heterocycles. The van der Waals surface area contributed by atoms with Gasteiger partial charge >= 0.3 is 6.03 Å².